The van der Waals surface area contributed by atoms with Gasteiger partial charge in [0.1, 0.15) is 0 Å². The Hall–Kier alpha value is -3.06. The van der Waals surface area contributed by atoms with Crippen LogP contribution in [0.15, 0.2) is 42.5 Å². The van der Waals surface area contributed by atoms with E-state index in [-0.39, 0.29) is 23.2 Å². The molecule has 2 aromatic rings. The quantitative estimate of drug-likeness (QED) is 0.494. The van der Waals surface area contributed by atoms with Crippen molar-refractivity contribution >= 4 is 40.8 Å². The summed E-state index contributed by atoms with van der Waals surface area (Å²) < 4.78 is 5.01. The summed E-state index contributed by atoms with van der Waals surface area (Å²) in [4.78, 5) is 36.8. The van der Waals surface area contributed by atoms with E-state index in [9.17, 15) is 14.4 Å². The van der Waals surface area contributed by atoms with Gasteiger partial charge in [0.05, 0.1) is 27.5 Å². The standard InChI is InChI=1S/C21H22ClN3O4/c22-16-10-9-13(11-17(16)23)21(28)29-12-19(26)25-18-8-4-3-7-15(18)20(27)24-14-5-1-2-6-14/h3-4,7-11,14H,1-2,5-6,12,23H2,(H,24,27)(H,25,26). The number of halogens is 1. The first kappa shape index (κ1) is 20.7. The molecule has 8 heteroatoms. The third-order valence-electron chi connectivity index (χ3n) is 4.70. The molecule has 1 aliphatic carbocycles. The maximum atomic E-state index is 12.5. The number of carbonyl (C=O) groups excluding carboxylic acids is 3. The number of esters is 1. The Balaban J connectivity index is 1.58. The van der Waals surface area contributed by atoms with Crippen molar-refractivity contribution in [1.29, 1.82) is 0 Å². The lowest BCUT2D eigenvalue weighted by molar-refractivity contribution is -0.119. The maximum absolute atomic E-state index is 12.5. The van der Waals surface area contributed by atoms with E-state index in [1.54, 1.807) is 24.3 Å². The van der Waals surface area contributed by atoms with E-state index in [2.05, 4.69) is 10.6 Å². The van der Waals surface area contributed by atoms with Gasteiger partial charge in [-0.2, -0.15) is 0 Å². The second kappa shape index (κ2) is 9.43. The molecular weight excluding hydrogens is 394 g/mol. The Labute approximate surface area is 173 Å². The molecule has 152 valence electrons. The normalized spacial score (nSPS) is 13.7. The average molecular weight is 416 g/mol. The van der Waals surface area contributed by atoms with Gasteiger partial charge in [-0.15, -0.1) is 0 Å². The fraction of sp³-hybridized carbons (Fsp3) is 0.286. The van der Waals surface area contributed by atoms with Crippen molar-refractivity contribution in [2.75, 3.05) is 17.7 Å². The lowest BCUT2D eigenvalue weighted by Crippen LogP contribution is -2.33. The molecule has 7 nitrogen and oxygen atoms in total. The van der Waals surface area contributed by atoms with Crippen LogP contribution < -0.4 is 16.4 Å². The molecule has 2 aromatic carbocycles. The van der Waals surface area contributed by atoms with Crippen molar-refractivity contribution in [2.45, 2.75) is 31.7 Å². The summed E-state index contributed by atoms with van der Waals surface area (Å²) in [7, 11) is 0. The van der Waals surface area contributed by atoms with Gasteiger partial charge in [0.25, 0.3) is 11.8 Å². The number of rotatable bonds is 6. The van der Waals surface area contributed by atoms with Gasteiger partial charge < -0.3 is 21.1 Å². The summed E-state index contributed by atoms with van der Waals surface area (Å²) in [6.07, 6.45) is 4.14. The van der Waals surface area contributed by atoms with Gasteiger partial charge in [-0.05, 0) is 43.2 Å². The molecule has 2 amide bonds. The zero-order chi connectivity index (χ0) is 20.8. The highest BCUT2D eigenvalue weighted by atomic mass is 35.5. The van der Waals surface area contributed by atoms with E-state index < -0.39 is 18.5 Å². The maximum Gasteiger partial charge on any atom is 0.338 e. The average Bonchev–Trinajstić information content (AvgIpc) is 3.21. The van der Waals surface area contributed by atoms with Crippen molar-refractivity contribution in [2.24, 2.45) is 0 Å². The summed E-state index contributed by atoms with van der Waals surface area (Å²) in [5.41, 5.74) is 6.82. The second-order valence-electron chi connectivity index (χ2n) is 6.86. The van der Waals surface area contributed by atoms with Crippen LogP contribution in [-0.2, 0) is 9.53 Å². The molecule has 0 heterocycles. The van der Waals surface area contributed by atoms with Crippen molar-refractivity contribution in [3.63, 3.8) is 0 Å². The number of amides is 2. The van der Waals surface area contributed by atoms with Gasteiger partial charge in [-0.25, -0.2) is 4.79 Å². The molecule has 1 saturated carbocycles. The fourth-order valence-electron chi connectivity index (χ4n) is 3.19. The number of nitrogens with two attached hydrogens (primary N) is 1. The largest absolute Gasteiger partial charge is 0.452 e. The van der Waals surface area contributed by atoms with Gasteiger partial charge in [-0.3, -0.25) is 9.59 Å². The third-order valence-corrected chi connectivity index (χ3v) is 5.05. The molecule has 0 atom stereocenters. The van der Waals surface area contributed by atoms with Gasteiger partial charge in [0, 0.05) is 6.04 Å². The molecule has 0 radical (unpaired) electrons. The minimum atomic E-state index is -0.698. The van der Waals surface area contributed by atoms with Crippen molar-refractivity contribution in [3.8, 4) is 0 Å². The molecule has 0 bridgehead atoms. The molecule has 0 aromatic heterocycles. The summed E-state index contributed by atoms with van der Waals surface area (Å²) in [5, 5.41) is 5.94. The number of anilines is 2. The summed E-state index contributed by atoms with van der Waals surface area (Å²) in [5.74, 6) is -1.49. The van der Waals surface area contributed by atoms with Crippen LogP contribution in [0.3, 0.4) is 0 Å². The van der Waals surface area contributed by atoms with E-state index in [4.69, 9.17) is 22.1 Å². The summed E-state index contributed by atoms with van der Waals surface area (Å²) in [6.45, 7) is -0.500. The Morgan fingerprint density at radius 2 is 1.83 bits per heavy atom. The molecule has 1 fully saturated rings. The lowest BCUT2D eigenvalue weighted by Gasteiger charge is -2.15. The first-order chi connectivity index (χ1) is 13.9. The van der Waals surface area contributed by atoms with E-state index in [1.165, 1.54) is 18.2 Å². The number of hydrogen-bond acceptors (Lipinski definition) is 5. The molecule has 29 heavy (non-hydrogen) atoms. The molecule has 0 spiro atoms. The zero-order valence-corrected chi connectivity index (χ0v) is 16.5. The number of benzene rings is 2. The zero-order valence-electron chi connectivity index (χ0n) is 15.7. The van der Waals surface area contributed by atoms with Crippen LogP contribution in [0.2, 0.25) is 5.02 Å². The van der Waals surface area contributed by atoms with E-state index in [1.807, 2.05) is 0 Å². The highest BCUT2D eigenvalue weighted by molar-refractivity contribution is 6.33. The van der Waals surface area contributed by atoms with Gasteiger partial charge >= 0.3 is 5.97 Å². The minimum Gasteiger partial charge on any atom is -0.452 e. The van der Waals surface area contributed by atoms with Gasteiger partial charge in [-0.1, -0.05) is 36.6 Å². The van der Waals surface area contributed by atoms with Crippen LogP contribution in [0.5, 0.6) is 0 Å². The molecule has 3 rings (SSSR count). The van der Waals surface area contributed by atoms with Crippen LogP contribution in [0.1, 0.15) is 46.4 Å². The van der Waals surface area contributed by atoms with E-state index in [0.717, 1.165) is 25.7 Å². The predicted molar refractivity (Wildman–Crippen MR) is 111 cm³/mol. The van der Waals surface area contributed by atoms with Crippen LogP contribution in [0, 0.1) is 0 Å². The van der Waals surface area contributed by atoms with Crippen molar-refractivity contribution in [1.82, 2.24) is 5.32 Å². The molecule has 4 N–H and O–H groups in total. The number of nitrogens with one attached hydrogen (secondary N) is 2. The number of para-hydroxylation sites is 1. The third kappa shape index (κ3) is 5.48. The number of ether oxygens (including phenoxy) is 1. The number of carbonyl (C=O) groups is 3. The van der Waals surface area contributed by atoms with Crippen LogP contribution in [0.4, 0.5) is 11.4 Å². The predicted octanol–water partition coefficient (Wildman–Crippen LogP) is 3.39. The first-order valence-corrected chi connectivity index (χ1v) is 9.73. The first-order valence-electron chi connectivity index (χ1n) is 9.36. The summed E-state index contributed by atoms with van der Waals surface area (Å²) in [6, 6.07) is 11.2. The van der Waals surface area contributed by atoms with Gasteiger partial charge in [0.2, 0.25) is 0 Å². The Bertz CT molecular complexity index is 926. The number of nitrogen functional groups attached to an aromatic ring is 1. The highest BCUT2D eigenvalue weighted by Crippen LogP contribution is 2.21. The van der Waals surface area contributed by atoms with Crippen LogP contribution in [-0.4, -0.2) is 30.4 Å². The lowest BCUT2D eigenvalue weighted by atomic mass is 10.1. The Morgan fingerprint density at radius 1 is 1.10 bits per heavy atom. The van der Waals surface area contributed by atoms with Gasteiger partial charge in [0.15, 0.2) is 6.61 Å². The van der Waals surface area contributed by atoms with Crippen molar-refractivity contribution < 1.29 is 19.1 Å². The monoisotopic (exact) mass is 415 g/mol. The molecule has 0 saturated heterocycles. The highest BCUT2D eigenvalue weighted by Gasteiger charge is 2.20. The SMILES string of the molecule is Nc1cc(C(=O)OCC(=O)Nc2ccccc2C(=O)NC2CCCC2)ccc1Cl. The fourth-order valence-corrected chi connectivity index (χ4v) is 3.31. The second-order valence-corrected chi connectivity index (χ2v) is 7.27. The molecular formula is C21H22ClN3O4. The molecule has 1 aliphatic rings. The van der Waals surface area contributed by atoms with Crippen molar-refractivity contribution in [3.05, 3.63) is 58.6 Å². The molecule has 0 aliphatic heterocycles. The Kier molecular flexibility index (Phi) is 6.72. The minimum absolute atomic E-state index is 0.166. The van der Waals surface area contributed by atoms with Crippen LogP contribution >= 0.6 is 11.6 Å². The topological polar surface area (TPSA) is 111 Å². The molecule has 0 unspecified atom stereocenters. The smallest absolute Gasteiger partial charge is 0.338 e. The van der Waals surface area contributed by atoms with E-state index >= 15 is 0 Å². The number of hydrogen-bond donors (Lipinski definition) is 3. The van der Waals surface area contributed by atoms with Crippen LogP contribution in [0.25, 0.3) is 0 Å². The Morgan fingerprint density at radius 3 is 2.55 bits per heavy atom. The van der Waals surface area contributed by atoms with E-state index in [0.29, 0.717) is 16.3 Å². The summed E-state index contributed by atoms with van der Waals surface area (Å²) >= 11 is 5.82.